The van der Waals surface area contributed by atoms with Crippen molar-refractivity contribution in [1.29, 1.82) is 0 Å². The number of methoxy groups -OCH3 is 1. The van der Waals surface area contributed by atoms with E-state index in [4.69, 9.17) is 16.3 Å². The largest absolute Gasteiger partial charge is 0.469 e. The van der Waals surface area contributed by atoms with Crippen LogP contribution in [0.2, 0.25) is 5.15 Å². The average Bonchev–Trinajstić information content (AvgIpc) is 2.56. The van der Waals surface area contributed by atoms with Gasteiger partial charge in [-0.2, -0.15) is 0 Å². The lowest BCUT2D eigenvalue weighted by atomic mass is 9.64. The summed E-state index contributed by atoms with van der Waals surface area (Å²) in [5.41, 5.74) is -0.452. The van der Waals surface area contributed by atoms with E-state index in [0.717, 1.165) is 0 Å². The average molecular weight is 340 g/mol. The van der Waals surface area contributed by atoms with Gasteiger partial charge in [0.05, 0.1) is 24.8 Å². The Morgan fingerprint density at radius 3 is 2.30 bits per heavy atom. The van der Waals surface area contributed by atoms with Gasteiger partial charge in [0.15, 0.2) is 5.15 Å². The minimum absolute atomic E-state index is 0.0499. The molecule has 0 saturated heterocycles. The van der Waals surface area contributed by atoms with Gasteiger partial charge in [-0.25, -0.2) is 4.98 Å². The van der Waals surface area contributed by atoms with Gasteiger partial charge in [0.1, 0.15) is 0 Å². The molecule has 0 unspecified atom stereocenters. The molecule has 1 aliphatic carbocycles. The van der Waals surface area contributed by atoms with Gasteiger partial charge in [0.25, 0.3) is 0 Å². The van der Waals surface area contributed by atoms with Crippen molar-refractivity contribution in [2.24, 2.45) is 10.8 Å². The molecular formula is C16H22ClN3O3. The van der Waals surface area contributed by atoms with Crippen LogP contribution in [0.1, 0.15) is 45.2 Å². The summed E-state index contributed by atoms with van der Waals surface area (Å²) in [6.07, 6.45) is 5.59. The predicted octanol–water partition coefficient (Wildman–Crippen LogP) is 2.51. The number of carbonyl (C=O) groups excluding carboxylic acids is 2. The van der Waals surface area contributed by atoms with Crippen LogP contribution in [0.25, 0.3) is 0 Å². The van der Waals surface area contributed by atoms with E-state index in [9.17, 15) is 9.59 Å². The Morgan fingerprint density at radius 1 is 1.17 bits per heavy atom. The molecule has 1 aromatic rings. The molecule has 1 saturated carbocycles. The second-order valence-electron chi connectivity index (χ2n) is 6.59. The molecule has 0 bridgehead atoms. The quantitative estimate of drug-likeness (QED) is 0.852. The number of ether oxygens (including phenoxy) is 1. The Bertz CT molecular complexity index is 598. The Morgan fingerprint density at radius 2 is 1.74 bits per heavy atom. The summed E-state index contributed by atoms with van der Waals surface area (Å²) in [6, 6.07) is 0. The third-order valence-electron chi connectivity index (χ3n) is 4.82. The zero-order valence-electron chi connectivity index (χ0n) is 13.7. The molecule has 23 heavy (non-hydrogen) atoms. The van der Waals surface area contributed by atoms with Crippen molar-refractivity contribution in [2.75, 3.05) is 7.11 Å². The zero-order valence-corrected chi connectivity index (χ0v) is 14.4. The maximum Gasteiger partial charge on any atom is 0.311 e. The Kier molecular flexibility index (Phi) is 5.24. The lowest BCUT2D eigenvalue weighted by Gasteiger charge is -2.40. The third kappa shape index (κ3) is 3.80. The first-order chi connectivity index (χ1) is 10.8. The normalized spacial score (nSPS) is 27.3. The number of aromatic nitrogens is 2. The Labute approximate surface area is 141 Å². The molecule has 1 fully saturated rings. The maximum absolute atomic E-state index is 12.5. The number of rotatable bonds is 4. The standard InChI is InChI=1S/C16H22ClN3O3/c1-15(4-6-16(2,7-5-15)14(22)23-3)13(21)20-10-11-12(17)19-9-8-18-11/h8-9H,4-7,10H2,1-3H3,(H,20,21). The van der Waals surface area contributed by atoms with Gasteiger partial charge >= 0.3 is 5.97 Å². The van der Waals surface area contributed by atoms with Crippen molar-refractivity contribution in [3.05, 3.63) is 23.2 Å². The monoisotopic (exact) mass is 339 g/mol. The number of halogens is 1. The summed E-state index contributed by atoms with van der Waals surface area (Å²) >= 11 is 5.94. The van der Waals surface area contributed by atoms with E-state index >= 15 is 0 Å². The molecule has 6 nitrogen and oxygen atoms in total. The van der Waals surface area contributed by atoms with Crippen LogP contribution in [0.4, 0.5) is 0 Å². The Hall–Kier alpha value is -1.69. The van der Waals surface area contributed by atoms with E-state index in [1.54, 1.807) is 0 Å². The van der Waals surface area contributed by atoms with Crippen LogP contribution in [0.15, 0.2) is 12.4 Å². The van der Waals surface area contributed by atoms with Crippen LogP contribution in [0.3, 0.4) is 0 Å². The number of hydrogen-bond acceptors (Lipinski definition) is 5. The number of carbonyl (C=O) groups is 2. The number of amides is 1. The summed E-state index contributed by atoms with van der Waals surface area (Å²) in [5.74, 6) is -0.252. The lowest BCUT2D eigenvalue weighted by molar-refractivity contribution is -0.156. The third-order valence-corrected chi connectivity index (χ3v) is 5.14. The zero-order chi connectivity index (χ0) is 17.1. The molecule has 0 atom stereocenters. The summed E-state index contributed by atoms with van der Waals surface area (Å²) < 4.78 is 4.87. The van der Waals surface area contributed by atoms with Crippen molar-refractivity contribution in [1.82, 2.24) is 15.3 Å². The lowest BCUT2D eigenvalue weighted by Crippen LogP contribution is -2.45. The molecule has 0 aliphatic heterocycles. The highest BCUT2D eigenvalue weighted by Crippen LogP contribution is 2.45. The molecule has 7 heteroatoms. The van der Waals surface area contributed by atoms with Crippen molar-refractivity contribution >= 4 is 23.5 Å². The van der Waals surface area contributed by atoms with E-state index in [1.807, 2.05) is 13.8 Å². The minimum atomic E-state index is -0.498. The maximum atomic E-state index is 12.5. The number of esters is 1. The highest BCUT2D eigenvalue weighted by molar-refractivity contribution is 6.29. The second kappa shape index (κ2) is 6.83. The first kappa shape index (κ1) is 17.7. The Balaban J connectivity index is 1.95. The van der Waals surface area contributed by atoms with E-state index in [-0.39, 0.29) is 18.4 Å². The smallest absolute Gasteiger partial charge is 0.311 e. The topological polar surface area (TPSA) is 81.2 Å². The summed E-state index contributed by atoms with van der Waals surface area (Å²) in [5, 5.41) is 3.17. The first-order valence-electron chi connectivity index (χ1n) is 7.63. The van der Waals surface area contributed by atoms with E-state index < -0.39 is 10.8 Å². The fourth-order valence-corrected chi connectivity index (χ4v) is 3.05. The van der Waals surface area contributed by atoms with Crippen molar-refractivity contribution < 1.29 is 14.3 Å². The number of nitrogens with one attached hydrogen (secondary N) is 1. The first-order valence-corrected chi connectivity index (χ1v) is 8.01. The van der Waals surface area contributed by atoms with Crippen molar-refractivity contribution in [3.8, 4) is 0 Å². The molecule has 1 N–H and O–H groups in total. The van der Waals surface area contributed by atoms with Crippen LogP contribution >= 0.6 is 11.6 Å². The predicted molar refractivity (Wildman–Crippen MR) is 85.6 cm³/mol. The van der Waals surface area contributed by atoms with Gasteiger partial charge < -0.3 is 10.1 Å². The molecule has 0 spiro atoms. The fraction of sp³-hybridized carbons (Fsp3) is 0.625. The van der Waals surface area contributed by atoms with Crippen LogP contribution < -0.4 is 5.32 Å². The van der Waals surface area contributed by atoms with Gasteiger partial charge in [-0.1, -0.05) is 18.5 Å². The molecule has 1 aliphatic rings. The molecule has 1 aromatic heterocycles. The van der Waals surface area contributed by atoms with Gasteiger partial charge in [-0.15, -0.1) is 0 Å². The second-order valence-corrected chi connectivity index (χ2v) is 6.95. The van der Waals surface area contributed by atoms with Gasteiger partial charge in [0, 0.05) is 17.8 Å². The molecular weight excluding hydrogens is 318 g/mol. The van der Waals surface area contributed by atoms with Gasteiger partial charge in [-0.05, 0) is 32.6 Å². The molecule has 2 rings (SSSR count). The molecule has 0 radical (unpaired) electrons. The SMILES string of the molecule is COC(=O)C1(C)CCC(C)(C(=O)NCc2nccnc2Cl)CC1. The minimum Gasteiger partial charge on any atom is -0.469 e. The highest BCUT2D eigenvalue weighted by atomic mass is 35.5. The van der Waals surface area contributed by atoms with E-state index in [2.05, 4.69) is 15.3 Å². The summed E-state index contributed by atoms with van der Waals surface area (Å²) in [6.45, 7) is 4.07. The number of hydrogen-bond donors (Lipinski definition) is 1. The van der Waals surface area contributed by atoms with Gasteiger partial charge in [-0.3, -0.25) is 14.6 Å². The van der Waals surface area contributed by atoms with Crippen LogP contribution in [-0.4, -0.2) is 29.0 Å². The molecule has 0 aromatic carbocycles. The molecule has 1 heterocycles. The highest BCUT2D eigenvalue weighted by Gasteiger charge is 2.45. The summed E-state index contributed by atoms with van der Waals surface area (Å²) in [4.78, 5) is 32.4. The van der Waals surface area contributed by atoms with Crippen molar-refractivity contribution in [2.45, 2.75) is 46.1 Å². The van der Waals surface area contributed by atoms with Crippen LogP contribution in [-0.2, 0) is 20.9 Å². The number of nitrogens with zero attached hydrogens (tertiary/aromatic N) is 2. The van der Waals surface area contributed by atoms with E-state index in [0.29, 0.717) is 36.5 Å². The van der Waals surface area contributed by atoms with Crippen molar-refractivity contribution in [3.63, 3.8) is 0 Å². The molecule has 126 valence electrons. The summed E-state index contributed by atoms with van der Waals surface area (Å²) in [7, 11) is 1.40. The fourth-order valence-electron chi connectivity index (χ4n) is 2.88. The van der Waals surface area contributed by atoms with Crippen LogP contribution in [0, 0.1) is 10.8 Å². The van der Waals surface area contributed by atoms with E-state index in [1.165, 1.54) is 19.5 Å². The van der Waals surface area contributed by atoms with Crippen LogP contribution in [0.5, 0.6) is 0 Å². The van der Waals surface area contributed by atoms with Gasteiger partial charge in [0.2, 0.25) is 5.91 Å². The molecule has 1 amide bonds.